The Morgan fingerprint density at radius 1 is 0.971 bits per heavy atom. The molecule has 2 aromatic heterocycles. The molecule has 9 nitrogen and oxygen atoms in total. The smallest absolute Gasteiger partial charge is 0.233 e. The van der Waals surface area contributed by atoms with Gasteiger partial charge in [-0.2, -0.15) is 19.6 Å². The summed E-state index contributed by atoms with van der Waals surface area (Å²) in [5.41, 5.74) is 3.24. The Morgan fingerprint density at radius 2 is 1.71 bits per heavy atom. The number of sulfone groups is 1. The predicted molar refractivity (Wildman–Crippen MR) is 137 cm³/mol. The SMILES string of the molecule is CC(C)S(=O)(=O)c1ccccc1Nc1nc(Nc2ccc(C3CCNCC3)cc2)nc2ccnn12. The lowest BCUT2D eigenvalue weighted by molar-refractivity contribution is 0.460. The molecule has 0 spiro atoms. The fraction of sp³-hybridized carbons (Fsp3) is 0.320. The molecule has 0 bridgehead atoms. The summed E-state index contributed by atoms with van der Waals surface area (Å²) in [7, 11) is -3.49. The van der Waals surface area contributed by atoms with E-state index in [0.717, 1.165) is 31.6 Å². The molecule has 3 heterocycles. The lowest BCUT2D eigenvalue weighted by Gasteiger charge is -2.23. The van der Waals surface area contributed by atoms with Crippen molar-refractivity contribution in [1.29, 1.82) is 0 Å². The molecule has 1 fully saturated rings. The fourth-order valence-electron chi connectivity index (χ4n) is 4.28. The summed E-state index contributed by atoms with van der Waals surface area (Å²) >= 11 is 0. The topological polar surface area (TPSA) is 113 Å². The van der Waals surface area contributed by atoms with Crippen LogP contribution in [0.25, 0.3) is 5.65 Å². The van der Waals surface area contributed by atoms with Crippen LogP contribution < -0.4 is 16.0 Å². The molecule has 1 aliphatic heterocycles. The zero-order chi connectivity index (χ0) is 24.4. The van der Waals surface area contributed by atoms with Gasteiger partial charge in [0.15, 0.2) is 15.5 Å². The van der Waals surface area contributed by atoms with Crippen LogP contribution >= 0.6 is 0 Å². The van der Waals surface area contributed by atoms with Gasteiger partial charge in [0.25, 0.3) is 0 Å². The van der Waals surface area contributed by atoms with E-state index in [1.807, 2.05) is 12.1 Å². The van der Waals surface area contributed by atoms with Gasteiger partial charge in [-0.3, -0.25) is 0 Å². The molecule has 5 rings (SSSR count). The third-order valence-corrected chi connectivity index (χ3v) is 8.50. The van der Waals surface area contributed by atoms with Crippen molar-refractivity contribution in [3.8, 4) is 0 Å². The quantitative estimate of drug-likeness (QED) is 0.351. The third kappa shape index (κ3) is 4.85. The Morgan fingerprint density at radius 3 is 2.46 bits per heavy atom. The van der Waals surface area contributed by atoms with E-state index in [4.69, 9.17) is 0 Å². The van der Waals surface area contributed by atoms with Gasteiger partial charge in [0.1, 0.15) is 0 Å². The summed E-state index contributed by atoms with van der Waals surface area (Å²) in [5, 5.41) is 13.6. The monoisotopic (exact) mass is 491 g/mol. The molecular formula is C25H29N7O2S. The molecule has 1 aliphatic rings. The van der Waals surface area contributed by atoms with Crippen LogP contribution in [0.15, 0.2) is 65.7 Å². The van der Waals surface area contributed by atoms with Gasteiger partial charge in [-0.15, -0.1) is 0 Å². The molecule has 3 N–H and O–H groups in total. The standard InChI is InChI=1S/C25H29N7O2S/c1-17(2)35(33,34)22-6-4-3-5-21(22)29-25-31-24(30-23-13-16-27-32(23)25)28-20-9-7-18(8-10-20)19-11-14-26-15-12-19/h3-10,13,16-17,19,26H,11-12,14-15H2,1-2H3,(H2,28,29,30,31). The summed E-state index contributed by atoms with van der Waals surface area (Å²) in [6.45, 7) is 5.45. The average molecular weight is 492 g/mol. The first kappa shape index (κ1) is 23.3. The molecule has 182 valence electrons. The minimum atomic E-state index is -3.49. The lowest BCUT2D eigenvalue weighted by atomic mass is 9.90. The average Bonchev–Trinajstić information content (AvgIpc) is 3.34. The van der Waals surface area contributed by atoms with Crippen molar-refractivity contribution in [3.63, 3.8) is 0 Å². The van der Waals surface area contributed by atoms with Crippen LogP contribution in [-0.4, -0.2) is 46.3 Å². The number of aromatic nitrogens is 4. The number of nitrogens with zero attached hydrogens (tertiary/aromatic N) is 4. The Balaban J connectivity index is 1.44. The van der Waals surface area contributed by atoms with Gasteiger partial charge in [0, 0.05) is 11.8 Å². The lowest BCUT2D eigenvalue weighted by Crippen LogP contribution is -2.26. The van der Waals surface area contributed by atoms with Crippen molar-refractivity contribution in [2.75, 3.05) is 23.7 Å². The molecule has 0 unspecified atom stereocenters. The highest BCUT2D eigenvalue weighted by Gasteiger charge is 2.23. The summed E-state index contributed by atoms with van der Waals surface area (Å²) in [5.74, 6) is 1.34. The number of benzene rings is 2. The normalized spacial score (nSPS) is 14.9. The van der Waals surface area contributed by atoms with Gasteiger partial charge in [-0.25, -0.2) is 8.42 Å². The first-order chi connectivity index (χ1) is 16.9. The summed E-state index contributed by atoms with van der Waals surface area (Å²) < 4.78 is 27.3. The molecule has 2 aromatic carbocycles. The fourth-order valence-corrected chi connectivity index (χ4v) is 5.48. The predicted octanol–water partition coefficient (Wildman–Crippen LogP) is 4.26. The summed E-state index contributed by atoms with van der Waals surface area (Å²) in [4.78, 5) is 9.38. The van der Waals surface area contributed by atoms with E-state index >= 15 is 0 Å². The van der Waals surface area contributed by atoms with E-state index in [-0.39, 0.29) is 4.90 Å². The van der Waals surface area contributed by atoms with E-state index in [1.165, 1.54) is 5.56 Å². The van der Waals surface area contributed by atoms with Gasteiger partial charge >= 0.3 is 0 Å². The first-order valence-corrected chi connectivity index (χ1v) is 13.4. The molecule has 0 radical (unpaired) electrons. The highest BCUT2D eigenvalue weighted by Crippen LogP contribution is 2.29. The van der Waals surface area contributed by atoms with Crippen LogP contribution in [0.3, 0.4) is 0 Å². The maximum absolute atomic E-state index is 12.9. The Kier molecular flexibility index (Phi) is 6.40. The molecule has 0 amide bonds. The minimum absolute atomic E-state index is 0.219. The molecule has 0 saturated carbocycles. The second-order valence-electron chi connectivity index (χ2n) is 8.96. The van der Waals surface area contributed by atoms with Gasteiger partial charge in [0.05, 0.1) is 22.0 Å². The van der Waals surface area contributed by atoms with Crippen LogP contribution in [-0.2, 0) is 9.84 Å². The van der Waals surface area contributed by atoms with Crippen LogP contribution in [0.1, 0.15) is 38.2 Å². The number of fused-ring (bicyclic) bond motifs is 1. The van der Waals surface area contributed by atoms with Crippen molar-refractivity contribution < 1.29 is 8.42 Å². The van der Waals surface area contributed by atoms with Crippen LogP contribution in [0, 0.1) is 0 Å². The van der Waals surface area contributed by atoms with Gasteiger partial charge in [-0.1, -0.05) is 24.3 Å². The highest BCUT2D eigenvalue weighted by atomic mass is 32.2. The Bertz CT molecular complexity index is 1430. The zero-order valence-electron chi connectivity index (χ0n) is 19.8. The molecule has 35 heavy (non-hydrogen) atoms. The maximum atomic E-state index is 12.9. The van der Waals surface area contributed by atoms with Crippen LogP contribution in [0.2, 0.25) is 0 Å². The number of para-hydroxylation sites is 1. The van der Waals surface area contributed by atoms with E-state index in [1.54, 1.807) is 54.9 Å². The molecule has 1 saturated heterocycles. The largest absolute Gasteiger partial charge is 0.324 e. The van der Waals surface area contributed by atoms with Crippen molar-refractivity contribution in [2.24, 2.45) is 0 Å². The number of nitrogens with one attached hydrogen (secondary N) is 3. The second-order valence-corrected chi connectivity index (χ2v) is 11.4. The minimum Gasteiger partial charge on any atom is -0.324 e. The molecular weight excluding hydrogens is 462 g/mol. The number of hydrogen-bond donors (Lipinski definition) is 3. The van der Waals surface area contributed by atoms with Gasteiger partial charge in [-0.05, 0) is 75.5 Å². The van der Waals surface area contributed by atoms with E-state index in [9.17, 15) is 8.42 Å². The summed E-state index contributed by atoms with van der Waals surface area (Å²) in [6, 6.07) is 17.0. The van der Waals surface area contributed by atoms with Crippen molar-refractivity contribution in [3.05, 3.63) is 66.4 Å². The second kappa shape index (κ2) is 9.63. The van der Waals surface area contributed by atoms with Crippen molar-refractivity contribution in [2.45, 2.75) is 42.8 Å². The molecule has 0 atom stereocenters. The molecule has 10 heteroatoms. The number of piperidine rings is 1. The highest BCUT2D eigenvalue weighted by molar-refractivity contribution is 7.92. The third-order valence-electron chi connectivity index (χ3n) is 6.29. The Labute approximate surface area is 204 Å². The molecule has 0 aliphatic carbocycles. The number of rotatable bonds is 7. The van der Waals surface area contributed by atoms with Crippen LogP contribution in [0.5, 0.6) is 0 Å². The summed E-state index contributed by atoms with van der Waals surface area (Å²) in [6.07, 6.45) is 3.93. The first-order valence-electron chi connectivity index (χ1n) is 11.8. The van der Waals surface area contributed by atoms with Gasteiger partial charge in [0.2, 0.25) is 11.9 Å². The van der Waals surface area contributed by atoms with E-state index < -0.39 is 15.1 Å². The van der Waals surface area contributed by atoms with Crippen molar-refractivity contribution in [1.82, 2.24) is 24.9 Å². The number of hydrogen-bond acceptors (Lipinski definition) is 8. The van der Waals surface area contributed by atoms with Crippen molar-refractivity contribution >= 4 is 38.8 Å². The number of anilines is 4. The van der Waals surface area contributed by atoms with E-state index in [2.05, 4.69) is 43.1 Å². The van der Waals surface area contributed by atoms with E-state index in [0.29, 0.717) is 29.1 Å². The zero-order valence-corrected chi connectivity index (χ0v) is 20.6. The van der Waals surface area contributed by atoms with Crippen LogP contribution in [0.4, 0.5) is 23.3 Å². The maximum Gasteiger partial charge on any atom is 0.233 e. The van der Waals surface area contributed by atoms with Gasteiger partial charge < -0.3 is 16.0 Å². The molecule has 4 aromatic rings. The Hall–Kier alpha value is -3.50.